The molecule has 0 saturated carbocycles. The summed E-state index contributed by atoms with van der Waals surface area (Å²) in [7, 11) is 0. The SMILES string of the molecule is Cc1cccc(CN[C@H](C)c2cccs2)c1O. The molecule has 0 aliphatic carbocycles. The van der Waals surface area contributed by atoms with Crippen molar-refractivity contribution in [1.29, 1.82) is 0 Å². The molecular formula is C14H17NOS. The van der Waals surface area contributed by atoms with Crippen molar-refractivity contribution in [3.8, 4) is 5.75 Å². The summed E-state index contributed by atoms with van der Waals surface area (Å²) in [5, 5.41) is 15.4. The highest BCUT2D eigenvalue weighted by molar-refractivity contribution is 7.10. The van der Waals surface area contributed by atoms with Gasteiger partial charge in [-0.1, -0.05) is 24.3 Å². The van der Waals surface area contributed by atoms with Crippen molar-refractivity contribution >= 4 is 11.3 Å². The van der Waals surface area contributed by atoms with E-state index in [0.717, 1.165) is 11.1 Å². The molecule has 1 heterocycles. The number of para-hydroxylation sites is 1. The number of rotatable bonds is 4. The average Bonchev–Trinajstić information content (AvgIpc) is 2.84. The summed E-state index contributed by atoms with van der Waals surface area (Å²) in [6.45, 7) is 4.74. The molecule has 0 aliphatic heterocycles. The highest BCUT2D eigenvalue weighted by Crippen LogP contribution is 2.23. The number of thiophene rings is 1. The van der Waals surface area contributed by atoms with Crippen molar-refractivity contribution in [2.24, 2.45) is 0 Å². The Bertz CT molecular complexity index is 479. The minimum atomic E-state index is 0.315. The lowest BCUT2D eigenvalue weighted by atomic mass is 10.1. The van der Waals surface area contributed by atoms with Crippen molar-refractivity contribution < 1.29 is 5.11 Å². The summed E-state index contributed by atoms with van der Waals surface area (Å²) in [6.07, 6.45) is 0. The van der Waals surface area contributed by atoms with Crippen molar-refractivity contribution in [3.63, 3.8) is 0 Å². The predicted molar refractivity (Wildman–Crippen MR) is 72.4 cm³/mol. The summed E-state index contributed by atoms with van der Waals surface area (Å²) in [5.74, 6) is 0.401. The molecule has 2 rings (SSSR count). The monoisotopic (exact) mass is 247 g/mol. The molecule has 17 heavy (non-hydrogen) atoms. The highest BCUT2D eigenvalue weighted by Gasteiger charge is 2.08. The van der Waals surface area contributed by atoms with Gasteiger partial charge in [-0.2, -0.15) is 0 Å². The molecule has 0 saturated heterocycles. The van der Waals surface area contributed by atoms with Crippen LogP contribution in [0.4, 0.5) is 0 Å². The molecule has 3 heteroatoms. The van der Waals surface area contributed by atoms with Crippen LogP contribution in [0.3, 0.4) is 0 Å². The summed E-state index contributed by atoms with van der Waals surface area (Å²) in [5.41, 5.74) is 1.88. The van der Waals surface area contributed by atoms with E-state index >= 15 is 0 Å². The molecule has 0 unspecified atom stereocenters. The van der Waals surface area contributed by atoms with Crippen molar-refractivity contribution in [2.45, 2.75) is 26.4 Å². The highest BCUT2D eigenvalue weighted by atomic mass is 32.1. The van der Waals surface area contributed by atoms with Crippen LogP contribution < -0.4 is 5.32 Å². The van der Waals surface area contributed by atoms with Gasteiger partial charge < -0.3 is 10.4 Å². The zero-order valence-electron chi connectivity index (χ0n) is 10.1. The Morgan fingerprint density at radius 2 is 2.12 bits per heavy atom. The van der Waals surface area contributed by atoms with E-state index in [1.54, 1.807) is 11.3 Å². The third-order valence-corrected chi connectivity index (χ3v) is 3.94. The second-order valence-electron chi connectivity index (χ2n) is 4.20. The van der Waals surface area contributed by atoms with E-state index in [-0.39, 0.29) is 0 Å². The maximum Gasteiger partial charge on any atom is 0.122 e. The minimum Gasteiger partial charge on any atom is -0.507 e. The Morgan fingerprint density at radius 1 is 1.29 bits per heavy atom. The molecule has 0 aliphatic rings. The Balaban J connectivity index is 2.00. The van der Waals surface area contributed by atoms with Crippen molar-refractivity contribution in [2.75, 3.05) is 0 Å². The molecule has 0 radical (unpaired) electrons. The van der Waals surface area contributed by atoms with Gasteiger partial charge in [0.25, 0.3) is 0 Å². The van der Waals surface area contributed by atoms with Crippen molar-refractivity contribution in [3.05, 3.63) is 51.7 Å². The zero-order valence-corrected chi connectivity index (χ0v) is 10.9. The molecule has 1 atom stereocenters. The molecule has 90 valence electrons. The molecule has 0 amide bonds. The van der Waals surface area contributed by atoms with Gasteiger partial charge >= 0.3 is 0 Å². The van der Waals surface area contributed by atoms with Crippen LogP contribution in [0.2, 0.25) is 0 Å². The van der Waals surface area contributed by atoms with Crippen molar-refractivity contribution in [1.82, 2.24) is 5.32 Å². The molecule has 0 fully saturated rings. The third kappa shape index (κ3) is 2.87. The number of hydrogen-bond donors (Lipinski definition) is 2. The van der Waals surface area contributed by atoms with Crippen LogP contribution in [0.25, 0.3) is 0 Å². The fourth-order valence-corrected chi connectivity index (χ4v) is 2.52. The first-order valence-electron chi connectivity index (χ1n) is 5.72. The normalized spacial score (nSPS) is 12.6. The van der Waals surface area contributed by atoms with E-state index in [2.05, 4.69) is 29.8 Å². The van der Waals surface area contributed by atoms with Crippen LogP contribution in [0.15, 0.2) is 35.7 Å². The van der Waals surface area contributed by atoms with Gasteiger partial charge in [-0.05, 0) is 30.9 Å². The van der Waals surface area contributed by atoms with E-state index < -0.39 is 0 Å². The largest absolute Gasteiger partial charge is 0.507 e. The number of nitrogens with one attached hydrogen (secondary N) is 1. The number of benzene rings is 1. The Hall–Kier alpha value is -1.32. The lowest BCUT2D eigenvalue weighted by Gasteiger charge is -2.13. The molecule has 2 nitrogen and oxygen atoms in total. The molecule has 0 bridgehead atoms. The minimum absolute atomic E-state index is 0.315. The van der Waals surface area contributed by atoms with Gasteiger partial charge in [0.2, 0.25) is 0 Å². The number of aryl methyl sites for hydroxylation is 1. The van der Waals surface area contributed by atoms with Gasteiger partial charge in [0, 0.05) is 23.0 Å². The summed E-state index contributed by atoms with van der Waals surface area (Å²) in [6, 6.07) is 10.3. The third-order valence-electron chi connectivity index (χ3n) is 2.89. The van der Waals surface area contributed by atoms with E-state index in [1.807, 2.05) is 25.1 Å². The topological polar surface area (TPSA) is 32.3 Å². The van der Waals surface area contributed by atoms with Crippen LogP contribution in [-0.4, -0.2) is 5.11 Å². The Labute approximate surface area is 106 Å². The molecule has 1 aromatic heterocycles. The van der Waals surface area contributed by atoms with Gasteiger partial charge in [-0.3, -0.25) is 0 Å². The maximum absolute atomic E-state index is 9.90. The molecule has 0 spiro atoms. The first kappa shape index (κ1) is 12.1. The van der Waals surface area contributed by atoms with Crippen LogP contribution >= 0.6 is 11.3 Å². The average molecular weight is 247 g/mol. The smallest absolute Gasteiger partial charge is 0.122 e. The second kappa shape index (κ2) is 5.34. The number of aromatic hydroxyl groups is 1. The fourth-order valence-electron chi connectivity index (χ4n) is 1.76. The fraction of sp³-hybridized carbons (Fsp3) is 0.286. The standard InChI is InChI=1S/C14H17NOS/c1-10-5-3-6-12(14(10)16)9-15-11(2)13-7-4-8-17-13/h3-8,11,15-16H,9H2,1-2H3/t11-/m1/s1. The Kier molecular flexibility index (Phi) is 3.82. The van der Waals surface area contributed by atoms with Crippen LogP contribution in [0, 0.1) is 6.92 Å². The molecular weight excluding hydrogens is 230 g/mol. The van der Waals surface area contributed by atoms with Crippen LogP contribution in [0.5, 0.6) is 5.75 Å². The molecule has 1 aromatic carbocycles. The summed E-state index contributed by atoms with van der Waals surface area (Å²) >= 11 is 1.75. The number of phenolic OH excluding ortho intramolecular Hbond substituents is 1. The lowest BCUT2D eigenvalue weighted by molar-refractivity contribution is 0.457. The van der Waals surface area contributed by atoms with Crippen LogP contribution in [0.1, 0.15) is 29.0 Å². The van der Waals surface area contributed by atoms with Gasteiger partial charge in [0.15, 0.2) is 0 Å². The van der Waals surface area contributed by atoms with E-state index in [4.69, 9.17) is 0 Å². The zero-order chi connectivity index (χ0) is 12.3. The van der Waals surface area contributed by atoms with Gasteiger partial charge in [-0.15, -0.1) is 11.3 Å². The van der Waals surface area contributed by atoms with Gasteiger partial charge in [0.1, 0.15) is 5.75 Å². The van der Waals surface area contributed by atoms with Crippen LogP contribution in [-0.2, 0) is 6.54 Å². The van der Waals surface area contributed by atoms with Gasteiger partial charge in [-0.25, -0.2) is 0 Å². The summed E-state index contributed by atoms with van der Waals surface area (Å²) in [4.78, 5) is 1.32. The first-order valence-corrected chi connectivity index (χ1v) is 6.60. The van der Waals surface area contributed by atoms with Gasteiger partial charge in [0.05, 0.1) is 0 Å². The Morgan fingerprint density at radius 3 is 2.82 bits per heavy atom. The second-order valence-corrected chi connectivity index (χ2v) is 5.18. The van der Waals surface area contributed by atoms with E-state index in [1.165, 1.54) is 4.88 Å². The first-order chi connectivity index (χ1) is 8.18. The molecule has 2 aromatic rings. The predicted octanol–water partition coefficient (Wildman–Crippen LogP) is 3.61. The van der Waals surface area contributed by atoms with E-state index in [0.29, 0.717) is 18.3 Å². The number of phenols is 1. The maximum atomic E-state index is 9.90. The quantitative estimate of drug-likeness (QED) is 0.865. The lowest BCUT2D eigenvalue weighted by Crippen LogP contribution is -2.17. The number of hydrogen-bond acceptors (Lipinski definition) is 3. The molecule has 2 N–H and O–H groups in total. The van der Waals surface area contributed by atoms with E-state index in [9.17, 15) is 5.11 Å². The summed E-state index contributed by atoms with van der Waals surface area (Å²) < 4.78 is 0.